The molecule has 5 rings (SSSR count). The van der Waals surface area contributed by atoms with E-state index in [1.807, 2.05) is 89.9 Å². The van der Waals surface area contributed by atoms with Crippen LogP contribution >= 0.6 is 22.6 Å². The maximum atomic E-state index is 12.8. The van der Waals surface area contributed by atoms with Crippen LogP contribution < -0.4 is 5.32 Å². The number of aromatic nitrogens is 5. The number of aromatic amines is 1. The topological polar surface area (TPSA) is 99.7 Å². The number of hydrogen-bond donors (Lipinski definition) is 2. The van der Waals surface area contributed by atoms with Crippen LogP contribution in [0.2, 0.25) is 0 Å². The SMILES string of the molecule is CI.CN(Cc1ccccc1)C(=O)c1nc(Nc2nc(-c3ccccc3)nc3ccccc23)n[nH]1. The fourth-order valence-electron chi connectivity index (χ4n) is 3.52. The number of fused-ring (bicyclic) bond motifs is 1. The van der Waals surface area contributed by atoms with Crippen molar-refractivity contribution in [1.29, 1.82) is 0 Å². The maximum Gasteiger partial charge on any atom is 0.291 e. The Labute approximate surface area is 217 Å². The molecule has 8 nitrogen and oxygen atoms in total. The number of amides is 1. The lowest BCUT2D eigenvalue weighted by molar-refractivity contribution is 0.0773. The normalized spacial score (nSPS) is 10.4. The van der Waals surface area contributed by atoms with Crippen molar-refractivity contribution in [2.75, 3.05) is 17.3 Å². The molecule has 0 aliphatic heterocycles. The fraction of sp³-hybridized carbons (Fsp3) is 0.115. The Morgan fingerprint density at radius 2 is 1.54 bits per heavy atom. The number of halogens is 1. The Balaban J connectivity index is 0.00000141. The lowest BCUT2D eigenvalue weighted by Crippen LogP contribution is -2.27. The number of rotatable bonds is 6. The Kier molecular flexibility index (Phi) is 7.99. The number of alkyl halides is 1. The predicted molar refractivity (Wildman–Crippen MR) is 147 cm³/mol. The van der Waals surface area contributed by atoms with Gasteiger partial charge in [0.15, 0.2) is 5.82 Å². The Hall–Kier alpha value is -3.86. The molecule has 2 N–H and O–H groups in total. The van der Waals surface area contributed by atoms with Crippen LogP contribution in [0.4, 0.5) is 11.8 Å². The van der Waals surface area contributed by atoms with Gasteiger partial charge in [-0.25, -0.2) is 9.97 Å². The van der Waals surface area contributed by atoms with Crippen LogP contribution in [-0.2, 0) is 6.54 Å². The Morgan fingerprint density at radius 3 is 2.29 bits per heavy atom. The third kappa shape index (κ3) is 5.80. The lowest BCUT2D eigenvalue weighted by atomic mass is 10.2. The van der Waals surface area contributed by atoms with E-state index in [1.165, 1.54) is 0 Å². The van der Waals surface area contributed by atoms with Crippen LogP contribution in [0.25, 0.3) is 22.3 Å². The number of hydrogen-bond acceptors (Lipinski definition) is 6. The highest BCUT2D eigenvalue weighted by molar-refractivity contribution is 14.1. The summed E-state index contributed by atoms with van der Waals surface area (Å²) < 4.78 is 0. The number of carbonyl (C=O) groups is 1. The number of anilines is 2. The van der Waals surface area contributed by atoms with E-state index in [0.717, 1.165) is 22.0 Å². The van der Waals surface area contributed by atoms with Gasteiger partial charge in [-0.2, -0.15) is 4.98 Å². The van der Waals surface area contributed by atoms with Crippen molar-refractivity contribution in [1.82, 2.24) is 30.0 Å². The summed E-state index contributed by atoms with van der Waals surface area (Å²) in [5, 5.41) is 10.9. The Bertz CT molecular complexity index is 1410. The molecule has 0 bridgehead atoms. The first kappa shape index (κ1) is 24.3. The van der Waals surface area contributed by atoms with Gasteiger partial charge >= 0.3 is 0 Å². The monoisotopic (exact) mass is 577 g/mol. The van der Waals surface area contributed by atoms with Crippen LogP contribution in [0.15, 0.2) is 84.9 Å². The summed E-state index contributed by atoms with van der Waals surface area (Å²) >= 11 is 2.15. The molecule has 3 aromatic carbocycles. The molecule has 2 aromatic heterocycles. The van der Waals surface area contributed by atoms with Crippen LogP contribution in [0.5, 0.6) is 0 Å². The van der Waals surface area contributed by atoms with Crippen LogP contribution in [-0.4, -0.2) is 47.9 Å². The van der Waals surface area contributed by atoms with E-state index in [-0.39, 0.29) is 17.7 Å². The van der Waals surface area contributed by atoms with Crippen molar-refractivity contribution < 1.29 is 4.79 Å². The first-order valence-corrected chi connectivity index (χ1v) is 13.0. The third-order valence-corrected chi connectivity index (χ3v) is 5.16. The van der Waals surface area contributed by atoms with Crippen molar-refractivity contribution in [2.45, 2.75) is 6.54 Å². The lowest BCUT2D eigenvalue weighted by Gasteiger charge is -2.15. The van der Waals surface area contributed by atoms with E-state index in [2.05, 4.69) is 48.1 Å². The molecule has 2 heterocycles. The van der Waals surface area contributed by atoms with Gasteiger partial charge in [0.05, 0.1) is 5.52 Å². The predicted octanol–water partition coefficient (Wildman–Crippen LogP) is 5.48. The van der Waals surface area contributed by atoms with Gasteiger partial charge in [0.1, 0.15) is 5.82 Å². The molecule has 1 amide bonds. The van der Waals surface area contributed by atoms with Crippen molar-refractivity contribution >= 4 is 51.2 Å². The number of carbonyl (C=O) groups excluding carboxylic acids is 1. The molecule has 176 valence electrons. The molecular formula is C26H24IN7O. The van der Waals surface area contributed by atoms with Gasteiger partial charge < -0.3 is 10.2 Å². The van der Waals surface area contributed by atoms with E-state index in [4.69, 9.17) is 4.98 Å². The zero-order valence-electron chi connectivity index (χ0n) is 19.3. The minimum Gasteiger partial charge on any atom is -0.335 e. The molecule has 0 radical (unpaired) electrons. The zero-order chi connectivity index (χ0) is 24.6. The summed E-state index contributed by atoms with van der Waals surface area (Å²) in [6, 6.07) is 27.2. The fourth-order valence-corrected chi connectivity index (χ4v) is 3.52. The van der Waals surface area contributed by atoms with E-state index in [0.29, 0.717) is 18.2 Å². The number of H-pyrrole nitrogens is 1. The molecule has 35 heavy (non-hydrogen) atoms. The summed E-state index contributed by atoms with van der Waals surface area (Å²) in [5.41, 5.74) is 2.73. The summed E-state index contributed by atoms with van der Waals surface area (Å²) in [4.78, 5) is 30.1. The molecule has 0 unspecified atom stereocenters. The second kappa shape index (κ2) is 11.5. The first-order valence-electron chi connectivity index (χ1n) is 10.9. The standard InChI is InChI=1S/C25H21N7O.CH3I/c1-32(16-17-10-4-2-5-11-17)24(33)23-29-25(31-30-23)28-22-19-14-8-9-15-20(19)26-21(27-22)18-12-6-3-7-13-18;1-2/h2-15H,16H2,1H3,(H2,26,27,28,29,30,31);1H3. The van der Waals surface area contributed by atoms with Crippen molar-refractivity contribution in [3.05, 3.63) is 96.3 Å². The largest absolute Gasteiger partial charge is 0.335 e. The minimum absolute atomic E-state index is 0.151. The van der Waals surface area contributed by atoms with Gasteiger partial charge in [0, 0.05) is 24.5 Å². The quantitative estimate of drug-likeness (QED) is 0.205. The highest BCUT2D eigenvalue weighted by atomic mass is 127. The minimum atomic E-state index is -0.253. The summed E-state index contributed by atoms with van der Waals surface area (Å²) in [6.45, 7) is 0.472. The number of nitrogens with one attached hydrogen (secondary N) is 2. The van der Waals surface area contributed by atoms with E-state index >= 15 is 0 Å². The molecule has 0 aliphatic rings. The molecular weight excluding hydrogens is 553 g/mol. The molecule has 0 saturated carbocycles. The highest BCUT2D eigenvalue weighted by Gasteiger charge is 2.18. The summed E-state index contributed by atoms with van der Waals surface area (Å²) in [5.74, 6) is 1.31. The average molecular weight is 577 g/mol. The number of nitrogens with zero attached hydrogens (tertiary/aromatic N) is 5. The van der Waals surface area contributed by atoms with Gasteiger partial charge in [-0.3, -0.25) is 9.89 Å². The van der Waals surface area contributed by atoms with Crippen LogP contribution in [0.1, 0.15) is 16.2 Å². The maximum absolute atomic E-state index is 12.8. The number of para-hydroxylation sites is 1. The molecule has 0 aliphatic carbocycles. The van der Waals surface area contributed by atoms with Crippen molar-refractivity contribution in [3.8, 4) is 11.4 Å². The van der Waals surface area contributed by atoms with Crippen LogP contribution in [0, 0.1) is 0 Å². The molecule has 0 fully saturated rings. The molecule has 5 aromatic rings. The average Bonchev–Trinajstić information content (AvgIpc) is 3.39. The first-order chi connectivity index (χ1) is 17.2. The molecule has 0 atom stereocenters. The zero-order valence-corrected chi connectivity index (χ0v) is 21.5. The van der Waals surface area contributed by atoms with Crippen molar-refractivity contribution in [2.24, 2.45) is 0 Å². The van der Waals surface area contributed by atoms with E-state index in [1.54, 1.807) is 11.9 Å². The van der Waals surface area contributed by atoms with E-state index < -0.39 is 0 Å². The van der Waals surface area contributed by atoms with Crippen LogP contribution in [0.3, 0.4) is 0 Å². The third-order valence-electron chi connectivity index (χ3n) is 5.16. The van der Waals surface area contributed by atoms with Gasteiger partial charge in [0.25, 0.3) is 5.91 Å². The van der Waals surface area contributed by atoms with Gasteiger partial charge in [-0.05, 0) is 22.6 Å². The van der Waals surface area contributed by atoms with Gasteiger partial charge in [-0.15, -0.1) is 5.10 Å². The number of benzene rings is 3. The molecule has 9 heteroatoms. The van der Waals surface area contributed by atoms with Crippen molar-refractivity contribution in [3.63, 3.8) is 0 Å². The van der Waals surface area contributed by atoms with Gasteiger partial charge in [0.2, 0.25) is 11.8 Å². The molecule has 0 saturated heterocycles. The highest BCUT2D eigenvalue weighted by Crippen LogP contribution is 2.26. The summed E-state index contributed by atoms with van der Waals surface area (Å²) in [6.07, 6.45) is 0. The molecule has 0 spiro atoms. The van der Waals surface area contributed by atoms with E-state index in [9.17, 15) is 4.79 Å². The summed E-state index contributed by atoms with van der Waals surface area (Å²) in [7, 11) is 1.73. The smallest absolute Gasteiger partial charge is 0.291 e. The second-order valence-electron chi connectivity index (χ2n) is 7.56. The Morgan fingerprint density at radius 1 is 0.886 bits per heavy atom. The van der Waals surface area contributed by atoms with Gasteiger partial charge in [-0.1, -0.05) is 95.4 Å². The second-order valence-corrected chi connectivity index (χ2v) is 7.56.